The van der Waals surface area contributed by atoms with Gasteiger partial charge in [0.1, 0.15) is 5.82 Å². The summed E-state index contributed by atoms with van der Waals surface area (Å²) in [6.07, 6.45) is 3.69. The molecule has 6 nitrogen and oxygen atoms in total. The standard InChI is InChI=1S/C19H21N5O/c1-13-6-3-4-7-15(13)16-8-5-11-23(16)19(25)21-17-9-10-20-18-12-14(2)22-24(17)18/h3-4,6-7,9-10,12,16H,5,8,11H2,1-2H3,(H,21,25). The second kappa shape index (κ2) is 6.20. The lowest BCUT2D eigenvalue weighted by atomic mass is 9.99. The Hall–Kier alpha value is -2.89. The van der Waals surface area contributed by atoms with Crippen LogP contribution in [0.5, 0.6) is 0 Å². The number of anilines is 1. The first-order chi connectivity index (χ1) is 12.1. The van der Waals surface area contributed by atoms with Crippen molar-refractivity contribution < 1.29 is 4.79 Å². The van der Waals surface area contributed by atoms with Gasteiger partial charge in [0.15, 0.2) is 5.65 Å². The smallest absolute Gasteiger partial charge is 0.317 e. The SMILES string of the molecule is Cc1cc2nccc(NC(=O)N3CCCC3c3ccccc3C)n2n1. The second-order valence-electron chi connectivity index (χ2n) is 6.52. The van der Waals surface area contributed by atoms with Crippen LogP contribution in [0, 0.1) is 13.8 Å². The third-order valence-corrected chi connectivity index (χ3v) is 4.78. The van der Waals surface area contributed by atoms with E-state index in [1.54, 1.807) is 16.8 Å². The van der Waals surface area contributed by atoms with E-state index >= 15 is 0 Å². The molecule has 0 saturated carbocycles. The van der Waals surface area contributed by atoms with Gasteiger partial charge < -0.3 is 4.90 Å². The molecule has 1 saturated heterocycles. The van der Waals surface area contributed by atoms with Gasteiger partial charge in [-0.1, -0.05) is 24.3 Å². The number of benzene rings is 1. The van der Waals surface area contributed by atoms with Crippen molar-refractivity contribution in [2.45, 2.75) is 32.7 Å². The molecule has 3 heterocycles. The van der Waals surface area contributed by atoms with Crippen LogP contribution in [0.25, 0.3) is 5.65 Å². The number of rotatable bonds is 2. The van der Waals surface area contributed by atoms with Gasteiger partial charge in [0.2, 0.25) is 0 Å². The van der Waals surface area contributed by atoms with E-state index in [0.29, 0.717) is 5.82 Å². The van der Waals surface area contributed by atoms with Gasteiger partial charge in [0.25, 0.3) is 0 Å². The molecule has 1 atom stereocenters. The molecule has 1 N–H and O–H groups in total. The van der Waals surface area contributed by atoms with Crippen LogP contribution >= 0.6 is 0 Å². The highest BCUT2D eigenvalue weighted by Crippen LogP contribution is 2.34. The first kappa shape index (κ1) is 15.6. The second-order valence-corrected chi connectivity index (χ2v) is 6.52. The maximum atomic E-state index is 12.9. The summed E-state index contributed by atoms with van der Waals surface area (Å²) in [6, 6.07) is 12.0. The van der Waals surface area contributed by atoms with E-state index in [1.165, 1.54) is 11.1 Å². The van der Waals surface area contributed by atoms with Crippen LogP contribution in [-0.2, 0) is 0 Å². The molecule has 0 aliphatic carbocycles. The van der Waals surface area contributed by atoms with Gasteiger partial charge in [0.05, 0.1) is 11.7 Å². The fourth-order valence-corrected chi connectivity index (χ4v) is 3.58. The largest absolute Gasteiger partial charge is 0.323 e. The van der Waals surface area contributed by atoms with E-state index in [0.717, 1.165) is 30.7 Å². The Kier molecular flexibility index (Phi) is 3.87. The van der Waals surface area contributed by atoms with Gasteiger partial charge in [-0.25, -0.2) is 9.78 Å². The summed E-state index contributed by atoms with van der Waals surface area (Å²) in [5.41, 5.74) is 4.05. The molecule has 1 fully saturated rings. The molecular weight excluding hydrogens is 314 g/mol. The van der Waals surface area contributed by atoms with Crippen LogP contribution in [0.2, 0.25) is 0 Å². The number of fused-ring (bicyclic) bond motifs is 1. The number of hydrogen-bond donors (Lipinski definition) is 1. The first-order valence-corrected chi connectivity index (χ1v) is 8.58. The molecule has 0 spiro atoms. The Bertz CT molecular complexity index is 932. The van der Waals surface area contributed by atoms with E-state index in [2.05, 4.69) is 34.5 Å². The van der Waals surface area contributed by atoms with Crippen molar-refractivity contribution >= 4 is 17.5 Å². The summed E-state index contributed by atoms with van der Waals surface area (Å²) in [5.74, 6) is 0.638. The first-order valence-electron chi connectivity index (χ1n) is 8.58. The van der Waals surface area contributed by atoms with E-state index in [1.807, 2.05) is 30.0 Å². The van der Waals surface area contributed by atoms with Gasteiger partial charge in [-0.05, 0) is 43.9 Å². The third kappa shape index (κ3) is 2.84. The summed E-state index contributed by atoms with van der Waals surface area (Å²) in [5, 5.41) is 7.41. The molecule has 1 aromatic carbocycles. The molecule has 2 amide bonds. The summed E-state index contributed by atoms with van der Waals surface area (Å²) in [4.78, 5) is 19.1. The quantitative estimate of drug-likeness (QED) is 0.776. The number of amides is 2. The van der Waals surface area contributed by atoms with Crippen LogP contribution in [0.4, 0.5) is 10.6 Å². The number of carbonyl (C=O) groups excluding carboxylic acids is 1. The van der Waals surface area contributed by atoms with Gasteiger partial charge in [0, 0.05) is 18.8 Å². The highest BCUT2D eigenvalue weighted by molar-refractivity contribution is 5.89. The zero-order valence-corrected chi connectivity index (χ0v) is 14.4. The van der Waals surface area contributed by atoms with Crippen LogP contribution in [-0.4, -0.2) is 32.1 Å². The number of nitrogens with zero attached hydrogens (tertiary/aromatic N) is 4. The number of aryl methyl sites for hydroxylation is 2. The van der Waals surface area contributed by atoms with Crippen LogP contribution in [0.1, 0.15) is 35.7 Å². The maximum absolute atomic E-state index is 12.9. The summed E-state index contributed by atoms with van der Waals surface area (Å²) >= 11 is 0. The Labute approximate surface area is 146 Å². The lowest BCUT2D eigenvalue weighted by molar-refractivity contribution is 0.207. The van der Waals surface area contributed by atoms with Crippen molar-refractivity contribution in [3.8, 4) is 0 Å². The van der Waals surface area contributed by atoms with Crippen molar-refractivity contribution in [2.24, 2.45) is 0 Å². The fraction of sp³-hybridized carbons (Fsp3) is 0.316. The number of nitrogens with one attached hydrogen (secondary N) is 1. The third-order valence-electron chi connectivity index (χ3n) is 4.78. The molecule has 4 rings (SSSR count). The number of urea groups is 1. The number of likely N-dealkylation sites (tertiary alicyclic amines) is 1. The maximum Gasteiger partial charge on any atom is 0.323 e. The molecule has 0 radical (unpaired) electrons. The topological polar surface area (TPSA) is 62.5 Å². The van der Waals surface area contributed by atoms with E-state index in [-0.39, 0.29) is 12.1 Å². The summed E-state index contributed by atoms with van der Waals surface area (Å²) < 4.78 is 1.67. The molecule has 25 heavy (non-hydrogen) atoms. The van der Waals surface area contributed by atoms with Crippen molar-refractivity contribution in [2.75, 3.05) is 11.9 Å². The van der Waals surface area contributed by atoms with Crippen molar-refractivity contribution in [3.63, 3.8) is 0 Å². The van der Waals surface area contributed by atoms with Crippen molar-refractivity contribution in [1.29, 1.82) is 0 Å². The zero-order chi connectivity index (χ0) is 17.4. The lowest BCUT2D eigenvalue weighted by Crippen LogP contribution is -2.35. The Morgan fingerprint density at radius 2 is 2.08 bits per heavy atom. The minimum Gasteiger partial charge on any atom is -0.317 e. The Morgan fingerprint density at radius 3 is 2.92 bits per heavy atom. The summed E-state index contributed by atoms with van der Waals surface area (Å²) in [7, 11) is 0. The molecule has 1 aliphatic rings. The molecule has 3 aromatic rings. The van der Waals surface area contributed by atoms with Gasteiger partial charge in [-0.3, -0.25) is 5.32 Å². The molecule has 2 aromatic heterocycles. The number of hydrogen-bond acceptors (Lipinski definition) is 3. The predicted molar refractivity (Wildman–Crippen MR) is 96.6 cm³/mol. The number of carbonyl (C=O) groups is 1. The molecular formula is C19H21N5O. The minimum absolute atomic E-state index is 0.0913. The van der Waals surface area contributed by atoms with E-state index < -0.39 is 0 Å². The Morgan fingerprint density at radius 1 is 1.24 bits per heavy atom. The van der Waals surface area contributed by atoms with E-state index in [9.17, 15) is 4.79 Å². The van der Waals surface area contributed by atoms with Gasteiger partial charge in [-0.2, -0.15) is 9.61 Å². The van der Waals surface area contributed by atoms with Crippen LogP contribution in [0.15, 0.2) is 42.6 Å². The molecule has 1 aliphatic heterocycles. The lowest BCUT2D eigenvalue weighted by Gasteiger charge is -2.26. The predicted octanol–water partition coefficient (Wildman–Crippen LogP) is 3.72. The number of aromatic nitrogens is 3. The normalized spacial score (nSPS) is 17.2. The Balaban J connectivity index is 1.60. The molecule has 1 unspecified atom stereocenters. The van der Waals surface area contributed by atoms with Crippen LogP contribution < -0.4 is 5.32 Å². The zero-order valence-electron chi connectivity index (χ0n) is 14.4. The minimum atomic E-state index is -0.0913. The summed E-state index contributed by atoms with van der Waals surface area (Å²) in [6.45, 7) is 4.77. The molecule has 6 heteroatoms. The average molecular weight is 335 g/mol. The van der Waals surface area contributed by atoms with Crippen molar-refractivity contribution in [3.05, 3.63) is 59.4 Å². The highest BCUT2D eigenvalue weighted by atomic mass is 16.2. The van der Waals surface area contributed by atoms with Crippen LogP contribution in [0.3, 0.4) is 0 Å². The van der Waals surface area contributed by atoms with Gasteiger partial charge >= 0.3 is 6.03 Å². The van der Waals surface area contributed by atoms with E-state index in [4.69, 9.17) is 0 Å². The van der Waals surface area contributed by atoms with Crippen molar-refractivity contribution in [1.82, 2.24) is 19.5 Å². The highest BCUT2D eigenvalue weighted by Gasteiger charge is 2.31. The average Bonchev–Trinajstić information content (AvgIpc) is 3.21. The van der Waals surface area contributed by atoms with Gasteiger partial charge in [-0.15, -0.1) is 0 Å². The molecule has 0 bridgehead atoms. The molecule has 128 valence electrons. The monoisotopic (exact) mass is 335 g/mol. The fourth-order valence-electron chi connectivity index (χ4n) is 3.58.